The first-order valence-corrected chi connectivity index (χ1v) is 9.55. The van der Waals surface area contributed by atoms with E-state index in [4.69, 9.17) is 0 Å². The molecule has 0 aliphatic rings. The fraction of sp³-hybridized carbons (Fsp3) is 0.120. The van der Waals surface area contributed by atoms with Crippen LogP contribution in [0.25, 0.3) is 33.0 Å². The number of rotatable bonds is 4. The molecule has 0 spiro atoms. The molecule has 4 aromatic rings. The third-order valence-electron chi connectivity index (χ3n) is 5.12. The lowest BCUT2D eigenvalue weighted by molar-refractivity contribution is 0.508. The molecule has 4 aromatic carbocycles. The molecule has 0 atom stereocenters. The molecule has 0 aromatic heterocycles. The highest BCUT2D eigenvalue weighted by atomic mass is 19.2. The molecule has 0 aliphatic carbocycles. The summed E-state index contributed by atoms with van der Waals surface area (Å²) in [5.74, 6) is -4.88. The van der Waals surface area contributed by atoms with E-state index >= 15 is 4.39 Å². The molecule has 0 heterocycles. The summed E-state index contributed by atoms with van der Waals surface area (Å²) in [5.41, 5.74) is 0.528. The molecule has 5 heteroatoms. The van der Waals surface area contributed by atoms with Crippen molar-refractivity contribution >= 4 is 10.8 Å². The predicted molar refractivity (Wildman–Crippen MR) is 109 cm³/mol. The second kappa shape index (κ2) is 7.90. The van der Waals surface area contributed by atoms with Gasteiger partial charge in [-0.05, 0) is 52.8 Å². The SMILES string of the molecule is CCCc1ccc2c(F)c(-c3cc(F)c(-c4ccc(F)c(F)c4)c(F)c3)ccc2c1. The standard InChI is InChI=1S/C25H17F5/c1-2-3-14-4-7-18-15(10-14)5-8-19(25(18)30)17-12-22(28)24(23(29)13-17)16-6-9-20(26)21(27)11-16/h4-13H,2-3H2,1H3. The minimum Gasteiger partial charge on any atom is -0.206 e. The Bertz CT molecular complexity index is 1240. The molecule has 0 unspecified atom stereocenters. The Hall–Kier alpha value is -3.21. The fourth-order valence-electron chi connectivity index (χ4n) is 3.66. The van der Waals surface area contributed by atoms with Crippen LogP contribution in [0.4, 0.5) is 22.0 Å². The Morgan fingerprint density at radius 3 is 2.00 bits per heavy atom. The molecule has 4 rings (SSSR count). The van der Waals surface area contributed by atoms with E-state index in [2.05, 4.69) is 6.92 Å². The first-order chi connectivity index (χ1) is 14.4. The van der Waals surface area contributed by atoms with E-state index in [-0.39, 0.29) is 16.7 Å². The molecular formula is C25H17F5. The maximum Gasteiger partial charge on any atom is 0.159 e. The van der Waals surface area contributed by atoms with Crippen LogP contribution >= 0.6 is 0 Å². The van der Waals surface area contributed by atoms with Gasteiger partial charge in [-0.25, -0.2) is 22.0 Å². The molecule has 0 nitrogen and oxygen atoms in total. The molecule has 0 radical (unpaired) electrons. The minimum atomic E-state index is -1.21. The van der Waals surface area contributed by atoms with Crippen molar-refractivity contribution in [2.75, 3.05) is 0 Å². The van der Waals surface area contributed by atoms with Crippen LogP contribution < -0.4 is 0 Å². The van der Waals surface area contributed by atoms with E-state index in [0.29, 0.717) is 10.8 Å². The zero-order chi connectivity index (χ0) is 21.4. The van der Waals surface area contributed by atoms with Crippen molar-refractivity contribution in [3.8, 4) is 22.3 Å². The second-order valence-electron chi connectivity index (χ2n) is 7.18. The maximum atomic E-state index is 15.1. The maximum absolute atomic E-state index is 15.1. The van der Waals surface area contributed by atoms with Crippen molar-refractivity contribution < 1.29 is 22.0 Å². The van der Waals surface area contributed by atoms with Gasteiger partial charge in [0.05, 0.1) is 5.56 Å². The lowest BCUT2D eigenvalue weighted by atomic mass is 9.95. The van der Waals surface area contributed by atoms with Crippen LogP contribution in [0, 0.1) is 29.1 Å². The van der Waals surface area contributed by atoms with E-state index < -0.39 is 34.6 Å². The summed E-state index contributed by atoms with van der Waals surface area (Å²) in [6.45, 7) is 2.06. The summed E-state index contributed by atoms with van der Waals surface area (Å²) in [6.07, 6.45) is 1.84. The lowest BCUT2D eigenvalue weighted by Crippen LogP contribution is -1.96. The number of hydrogen-bond acceptors (Lipinski definition) is 0. The summed E-state index contributed by atoms with van der Waals surface area (Å²) in [5, 5.41) is 1.07. The zero-order valence-corrected chi connectivity index (χ0v) is 16.1. The second-order valence-corrected chi connectivity index (χ2v) is 7.18. The molecular weight excluding hydrogens is 395 g/mol. The summed E-state index contributed by atoms with van der Waals surface area (Å²) in [6, 6.07) is 13.2. The number of benzene rings is 4. The van der Waals surface area contributed by atoms with Crippen molar-refractivity contribution in [2.24, 2.45) is 0 Å². The largest absolute Gasteiger partial charge is 0.206 e. The molecule has 0 N–H and O–H groups in total. The Kier molecular flexibility index (Phi) is 5.29. The number of aryl methyl sites for hydroxylation is 1. The highest BCUT2D eigenvalue weighted by molar-refractivity contribution is 5.89. The van der Waals surface area contributed by atoms with Gasteiger partial charge in [-0.1, -0.05) is 49.7 Å². The van der Waals surface area contributed by atoms with Gasteiger partial charge in [0.15, 0.2) is 11.6 Å². The monoisotopic (exact) mass is 412 g/mol. The van der Waals surface area contributed by atoms with Gasteiger partial charge in [0.25, 0.3) is 0 Å². The third kappa shape index (κ3) is 3.56. The predicted octanol–water partition coefficient (Wildman–Crippen LogP) is 7.82. The van der Waals surface area contributed by atoms with Gasteiger partial charge in [0.1, 0.15) is 17.5 Å². The summed E-state index contributed by atoms with van der Waals surface area (Å²) in [4.78, 5) is 0. The average Bonchev–Trinajstić information content (AvgIpc) is 2.70. The first-order valence-electron chi connectivity index (χ1n) is 9.55. The molecule has 0 saturated heterocycles. The van der Waals surface area contributed by atoms with E-state index in [1.54, 1.807) is 12.1 Å². The van der Waals surface area contributed by atoms with Gasteiger partial charge in [0, 0.05) is 10.9 Å². The van der Waals surface area contributed by atoms with E-state index in [1.807, 2.05) is 12.1 Å². The summed E-state index contributed by atoms with van der Waals surface area (Å²) in [7, 11) is 0. The Morgan fingerprint density at radius 1 is 0.633 bits per heavy atom. The van der Waals surface area contributed by atoms with Crippen molar-refractivity contribution in [2.45, 2.75) is 19.8 Å². The highest BCUT2D eigenvalue weighted by Gasteiger charge is 2.18. The fourth-order valence-corrected chi connectivity index (χ4v) is 3.66. The van der Waals surface area contributed by atoms with Gasteiger partial charge in [0.2, 0.25) is 0 Å². The third-order valence-corrected chi connectivity index (χ3v) is 5.12. The molecule has 0 aliphatic heterocycles. The first kappa shape index (κ1) is 20.1. The zero-order valence-electron chi connectivity index (χ0n) is 16.1. The van der Waals surface area contributed by atoms with Crippen LogP contribution in [0.5, 0.6) is 0 Å². The van der Waals surface area contributed by atoms with E-state index in [9.17, 15) is 17.6 Å². The van der Waals surface area contributed by atoms with Crippen LogP contribution in [-0.4, -0.2) is 0 Å². The number of hydrogen-bond donors (Lipinski definition) is 0. The van der Waals surface area contributed by atoms with Crippen molar-refractivity contribution in [1.29, 1.82) is 0 Å². The molecule has 0 amide bonds. The number of fused-ring (bicyclic) bond motifs is 1. The van der Waals surface area contributed by atoms with Crippen LogP contribution in [0.1, 0.15) is 18.9 Å². The normalized spacial score (nSPS) is 11.3. The van der Waals surface area contributed by atoms with Gasteiger partial charge in [-0.3, -0.25) is 0 Å². The average molecular weight is 412 g/mol. The lowest BCUT2D eigenvalue weighted by Gasteiger charge is -2.12. The quantitative estimate of drug-likeness (QED) is 0.300. The highest BCUT2D eigenvalue weighted by Crippen LogP contribution is 2.35. The van der Waals surface area contributed by atoms with Gasteiger partial charge < -0.3 is 0 Å². The Balaban J connectivity index is 1.81. The van der Waals surface area contributed by atoms with Crippen LogP contribution in [-0.2, 0) is 6.42 Å². The minimum absolute atomic E-state index is 0.0216. The van der Waals surface area contributed by atoms with Gasteiger partial charge in [-0.15, -0.1) is 0 Å². The number of halogens is 5. The molecule has 30 heavy (non-hydrogen) atoms. The summed E-state index contributed by atoms with van der Waals surface area (Å²) >= 11 is 0. The van der Waals surface area contributed by atoms with Crippen LogP contribution in [0.3, 0.4) is 0 Å². The van der Waals surface area contributed by atoms with Crippen molar-refractivity contribution in [1.82, 2.24) is 0 Å². The molecule has 0 fully saturated rings. The van der Waals surface area contributed by atoms with Crippen LogP contribution in [0.2, 0.25) is 0 Å². The topological polar surface area (TPSA) is 0 Å². The van der Waals surface area contributed by atoms with Gasteiger partial charge >= 0.3 is 0 Å². The molecule has 152 valence electrons. The molecule has 0 saturated carbocycles. The Labute approximate surface area is 170 Å². The van der Waals surface area contributed by atoms with E-state index in [0.717, 1.165) is 48.7 Å². The van der Waals surface area contributed by atoms with Crippen molar-refractivity contribution in [3.05, 3.63) is 95.3 Å². The van der Waals surface area contributed by atoms with Gasteiger partial charge in [-0.2, -0.15) is 0 Å². The Morgan fingerprint density at radius 2 is 1.33 bits per heavy atom. The van der Waals surface area contributed by atoms with E-state index in [1.165, 1.54) is 6.07 Å². The molecule has 0 bridgehead atoms. The smallest absolute Gasteiger partial charge is 0.159 e. The summed E-state index contributed by atoms with van der Waals surface area (Å²) < 4.78 is 71.2. The van der Waals surface area contributed by atoms with Crippen LogP contribution in [0.15, 0.2) is 60.7 Å². The van der Waals surface area contributed by atoms with Crippen molar-refractivity contribution in [3.63, 3.8) is 0 Å².